The second-order valence-electron chi connectivity index (χ2n) is 6.00. The number of carbonyl (C=O) groups excluding carboxylic acids is 2. The second-order valence-corrected chi connectivity index (χ2v) is 6.00. The molecule has 0 aliphatic rings. The molecule has 0 aliphatic heterocycles. The maximum absolute atomic E-state index is 12.3. The van der Waals surface area contributed by atoms with Crippen molar-refractivity contribution in [2.45, 2.75) is 13.8 Å². The van der Waals surface area contributed by atoms with Crippen molar-refractivity contribution in [2.24, 2.45) is 0 Å². The summed E-state index contributed by atoms with van der Waals surface area (Å²) in [6.45, 7) is 3.79. The molecule has 28 heavy (non-hydrogen) atoms. The molecule has 0 bridgehead atoms. The maximum Gasteiger partial charge on any atom is 0.375 e. The van der Waals surface area contributed by atoms with Gasteiger partial charge in [-0.1, -0.05) is 0 Å². The number of carbonyl (C=O) groups is 2. The average molecular weight is 383 g/mol. The van der Waals surface area contributed by atoms with Crippen molar-refractivity contribution < 1.29 is 28.2 Å². The first kappa shape index (κ1) is 19.3. The zero-order chi connectivity index (χ0) is 20.1. The van der Waals surface area contributed by atoms with E-state index in [0.29, 0.717) is 34.9 Å². The van der Waals surface area contributed by atoms with Gasteiger partial charge in [0.05, 0.1) is 13.7 Å². The van der Waals surface area contributed by atoms with Crippen molar-refractivity contribution in [3.8, 4) is 11.5 Å². The van der Waals surface area contributed by atoms with Crippen LogP contribution in [0, 0.1) is 6.92 Å². The van der Waals surface area contributed by atoms with Crippen LogP contribution in [0.3, 0.4) is 0 Å². The van der Waals surface area contributed by atoms with E-state index in [2.05, 4.69) is 5.32 Å². The number of ether oxygens (including phenoxy) is 3. The highest BCUT2D eigenvalue weighted by atomic mass is 16.5. The number of anilines is 1. The SMILES string of the molecule is CCOc1ccc(NC(=O)COC(=O)c2oc3ccc(OC)cc3c2C)cc1. The second kappa shape index (κ2) is 8.47. The Hall–Kier alpha value is -3.48. The van der Waals surface area contributed by atoms with Crippen molar-refractivity contribution in [3.63, 3.8) is 0 Å². The van der Waals surface area contributed by atoms with E-state index < -0.39 is 18.5 Å². The Morgan fingerprint density at radius 2 is 1.79 bits per heavy atom. The third-order valence-electron chi connectivity index (χ3n) is 4.11. The Kier molecular flexibility index (Phi) is 5.84. The van der Waals surface area contributed by atoms with Crippen LogP contribution in [0.2, 0.25) is 0 Å². The summed E-state index contributed by atoms with van der Waals surface area (Å²) in [4.78, 5) is 24.4. The number of hydrogen-bond donors (Lipinski definition) is 1. The minimum Gasteiger partial charge on any atom is -0.497 e. The normalized spacial score (nSPS) is 10.5. The Morgan fingerprint density at radius 1 is 1.07 bits per heavy atom. The van der Waals surface area contributed by atoms with E-state index >= 15 is 0 Å². The van der Waals surface area contributed by atoms with Crippen LogP contribution in [0.25, 0.3) is 11.0 Å². The molecule has 0 aliphatic carbocycles. The average Bonchev–Trinajstić information content (AvgIpc) is 3.04. The first-order valence-electron chi connectivity index (χ1n) is 8.78. The largest absolute Gasteiger partial charge is 0.497 e. The van der Waals surface area contributed by atoms with Crippen LogP contribution in [0.15, 0.2) is 46.9 Å². The molecule has 1 N–H and O–H groups in total. The lowest BCUT2D eigenvalue weighted by Gasteiger charge is -2.07. The molecule has 1 heterocycles. The molecule has 3 aromatic rings. The number of aryl methyl sites for hydroxylation is 1. The molecule has 3 rings (SSSR count). The van der Waals surface area contributed by atoms with E-state index in [1.54, 1.807) is 56.5 Å². The van der Waals surface area contributed by atoms with Crippen LogP contribution in [-0.4, -0.2) is 32.2 Å². The molecule has 0 spiro atoms. The van der Waals surface area contributed by atoms with Gasteiger partial charge in [-0.05, 0) is 56.3 Å². The number of hydrogen-bond acceptors (Lipinski definition) is 6. The van der Waals surface area contributed by atoms with Crippen LogP contribution in [0.1, 0.15) is 23.0 Å². The van der Waals surface area contributed by atoms with Gasteiger partial charge in [-0.25, -0.2) is 4.79 Å². The zero-order valence-corrected chi connectivity index (χ0v) is 15.9. The lowest BCUT2D eigenvalue weighted by atomic mass is 10.1. The lowest BCUT2D eigenvalue weighted by Crippen LogP contribution is -2.21. The number of methoxy groups -OCH3 is 1. The number of fused-ring (bicyclic) bond motifs is 1. The fourth-order valence-electron chi connectivity index (χ4n) is 2.72. The smallest absolute Gasteiger partial charge is 0.375 e. The Bertz CT molecular complexity index is 990. The summed E-state index contributed by atoms with van der Waals surface area (Å²) in [6, 6.07) is 12.2. The van der Waals surface area contributed by atoms with E-state index in [1.807, 2.05) is 6.92 Å². The molecular formula is C21H21NO6. The van der Waals surface area contributed by atoms with Gasteiger partial charge >= 0.3 is 5.97 Å². The number of esters is 1. The van der Waals surface area contributed by atoms with E-state index in [4.69, 9.17) is 18.6 Å². The zero-order valence-electron chi connectivity index (χ0n) is 15.9. The van der Waals surface area contributed by atoms with Gasteiger partial charge in [0, 0.05) is 16.6 Å². The Labute approximate surface area is 162 Å². The number of nitrogens with one attached hydrogen (secondary N) is 1. The van der Waals surface area contributed by atoms with Crippen LogP contribution in [0.5, 0.6) is 11.5 Å². The minimum absolute atomic E-state index is 0.0668. The first-order chi connectivity index (χ1) is 13.5. The lowest BCUT2D eigenvalue weighted by molar-refractivity contribution is -0.119. The molecule has 0 fully saturated rings. The van der Waals surface area contributed by atoms with Gasteiger partial charge in [0.2, 0.25) is 5.76 Å². The molecule has 0 unspecified atom stereocenters. The van der Waals surface area contributed by atoms with Gasteiger partial charge in [-0.3, -0.25) is 4.79 Å². The summed E-state index contributed by atoms with van der Waals surface area (Å²) < 4.78 is 21.2. The number of rotatable bonds is 7. The van der Waals surface area contributed by atoms with Crippen molar-refractivity contribution in [3.05, 3.63) is 53.8 Å². The van der Waals surface area contributed by atoms with Gasteiger partial charge in [0.25, 0.3) is 5.91 Å². The van der Waals surface area contributed by atoms with Crippen LogP contribution in [-0.2, 0) is 9.53 Å². The quantitative estimate of drug-likeness (QED) is 0.622. The Balaban J connectivity index is 1.61. The number of benzene rings is 2. The van der Waals surface area contributed by atoms with E-state index in [1.165, 1.54) is 0 Å². The molecule has 7 nitrogen and oxygen atoms in total. The molecule has 146 valence electrons. The topological polar surface area (TPSA) is 87.0 Å². The molecule has 0 radical (unpaired) electrons. The van der Waals surface area contributed by atoms with Crippen LogP contribution < -0.4 is 14.8 Å². The predicted molar refractivity (Wildman–Crippen MR) is 104 cm³/mol. The molecule has 0 atom stereocenters. The summed E-state index contributed by atoms with van der Waals surface area (Å²) in [6.07, 6.45) is 0. The van der Waals surface area contributed by atoms with Gasteiger partial charge in [0.15, 0.2) is 6.61 Å². The third-order valence-corrected chi connectivity index (χ3v) is 4.11. The maximum atomic E-state index is 12.3. The molecule has 0 saturated heterocycles. The van der Waals surface area contributed by atoms with Gasteiger partial charge in [-0.15, -0.1) is 0 Å². The molecule has 7 heteroatoms. The summed E-state index contributed by atoms with van der Waals surface area (Å²) in [5.41, 5.74) is 1.76. The standard InChI is InChI=1S/C21H21NO6/c1-4-26-15-7-5-14(6-8-15)22-19(23)12-27-21(24)20-13(2)17-11-16(25-3)9-10-18(17)28-20/h5-11H,4,12H2,1-3H3,(H,22,23). The van der Waals surface area contributed by atoms with Crippen LogP contribution >= 0.6 is 0 Å². The van der Waals surface area contributed by atoms with Crippen molar-refractivity contribution in [1.82, 2.24) is 0 Å². The highest BCUT2D eigenvalue weighted by Crippen LogP contribution is 2.29. The monoisotopic (exact) mass is 383 g/mol. The summed E-state index contributed by atoms with van der Waals surface area (Å²) >= 11 is 0. The van der Waals surface area contributed by atoms with E-state index in [0.717, 1.165) is 5.39 Å². The Morgan fingerprint density at radius 3 is 2.46 bits per heavy atom. The molecule has 1 amide bonds. The molecule has 0 saturated carbocycles. The highest BCUT2D eigenvalue weighted by Gasteiger charge is 2.20. The molecule has 2 aromatic carbocycles. The molecular weight excluding hydrogens is 362 g/mol. The summed E-state index contributed by atoms with van der Waals surface area (Å²) in [5, 5.41) is 3.41. The third kappa shape index (κ3) is 4.25. The minimum atomic E-state index is -0.700. The van der Waals surface area contributed by atoms with Gasteiger partial charge < -0.3 is 23.9 Å². The van der Waals surface area contributed by atoms with Crippen molar-refractivity contribution in [2.75, 3.05) is 25.6 Å². The van der Waals surface area contributed by atoms with Gasteiger partial charge in [0.1, 0.15) is 17.1 Å². The predicted octanol–water partition coefficient (Wildman–Crippen LogP) is 3.94. The van der Waals surface area contributed by atoms with E-state index in [9.17, 15) is 9.59 Å². The summed E-state index contributed by atoms with van der Waals surface area (Å²) in [5.74, 6) is 0.287. The number of amides is 1. The summed E-state index contributed by atoms with van der Waals surface area (Å²) in [7, 11) is 1.56. The molecule has 1 aromatic heterocycles. The first-order valence-corrected chi connectivity index (χ1v) is 8.78. The van der Waals surface area contributed by atoms with Crippen molar-refractivity contribution >= 4 is 28.5 Å². The highest BCUT2D eigenvalue weighted by molar-refractivity contribution is 5.98. The van der Waals surface area contributed by atoms with Crippen molar-refractivity contribution in [1.29, 1.82) is 0 Å². The van der Waals surface area contributed by atoms with E-state index in [-0.39, 0.29) is 5.76 Å². The fraction of sp³-hybridized carbons (Fsp3) is 0.238. The van der Waals surface area contributed by atoms with Crippen LogP contribution in [0.4, 0.5) is 5.69 Å². The number of furan rings is 1. The van der Waals surface area contributed by atoms with Gasteiger partial charge in [-0.2, -0.15) is 0 Å². The fourth-order valence-corrected chi connectivity index (χ4v) is 2.72.